The van der Waals surface area contributed by atoms with Crippen LogP contribution in [0.1, 0.15) is 5.56 Å². The first-order chi connectivity index (χ1) is 12.2. The van der Waals surface area contributed by atoms with E-state index in [0.29, 0.717) is 19.5 Å². The third kappa shape index (κ3) is 3.37. The van der Waals surface area contributed by atoms with Gasteiger partial charge in [-0.05, 0) is 23.8 Å². The van der Waals surface area contributed by atoms with Crippen molar-refractivity contribution in [1.29, 1.82) is 0 Å². The molecule has 1 aromatic carbocycles. The molecule has 0 unspecified atom stereocenters. The van der Waals surface area contributed by atoms with Gasteiger partial charge in [0.15, 0.2) is 0 Å². The summed E-state index contributed by atoms with van der Waals surface area (Å²) in [4.78, 5) is 28.5. The number of amides is 1. The summed E-state index contributed by atoms with van der Waals surface area (Å²) in [5, 5.41) is 1.03. The summed E-state index contributed by atoms with van der Waals surface area (Å²) in [6, 6.07) is 9.91. The molecule has 1 saturated heterocycles. The zero-order chi connectivity index (χ0) is 17.2. The maximum atomic E-state index is 12.5. The number of aromatic nitrogens is 3. The fourth-order valence-electron chi connectivity index (χ4n) is 3.17. The molecular weight excluding hydrogens is 382 g/mol. The minimum atomic E-state index is 0.177. The summed E-state index contributed by atoms with van der Waals surface area (Å²) in [6.07, 6.45) is 3.91. The number of nitrogens with zero attached hydrogens (tertiary/aromatic N) is 4. The van der Waals surface area contributed by atoms with E-state index in [0.717, 1.165) is 40.0 Å². The van der Waals surface area contributed by atoms with Crippen molar-refractivity contribution in [2.24, 2.45) is 0 Å². The lowest BCUT2D eigenvalue weighted by molar-refractivity contribution is -0.130. The standard InChI is InChI=1S/C18H18BrN5O/c19-14-3-1-13(2-4-14)11-16(25)23-7-9-24(10-8-23)18-15-5-6-20-17(15)21-12-22-18/h1-6,12H,7-11H2,(H,20,21,22). The van der Waals surface area contributed by atoms with Gasteiger partial charge in [0.2, 0.25) is 5.91 Å². The number of aromatic amines is 1. The fourth-order valence-corrected chi connectivity index (χ4v) is 3.43. The van der Waals surface area contributed by atoms with Crippen molar-refractivity contribution < 1.29 is 4.79 Å². The lowest BCUT2D eigenvalue weighted by Gasteiger charge is -2.35. The number of hydrogen-bond acceptors (Lipinski definition) is 4. The van der Waals surface area contributed by atoms with Crippen molar-refractivity contribution in [2.45, 2.75) is 6.42 Å². The van der Waals surface area contributed by atoms with E-state index >= 15 is 0 Å². The fraction of sp³-hybridized carbons (Fsp3) is 0.278. The molecule has 4 rings (SSSR count). The molecule has 0 saturated carbocycles. The molecule has 7 heteroatoms. The van der Waals surface area contributed by atoms with E-state index in [1.165, 1.54) is 0 Å². The van der Waals surface area contributed by atoms with Crippen LogP contribution >= 0.6 is 15.9 Å². The summed E-state index contributed by atoms with van der Waals surface area (Å²) in [5.41, 5.74) is 1.89. The van der Waals surface area contributed by atoms with Crippen LogP contribution in [0.15, 0.2) is 47.3 Å². The van der Waals surface area contributed by atoms with Gasteiger partial charge in [-0.25, -0.2) is 9.97 Å². The lowest BCUT2D eigenvalue weighted by Crippen LogP contribution is -2.49. The van der Waals surface area contributed by atoms with Crippen LogP contribution in [0.5, 0.6) is 0 Å². The zero-order valence-corrected chi connectivity index (χ0v) is 15.2. The third-order valence-corrected chi connectivity index (χ3v) is 5.06. The van der Waals surface area contributed by atoms with Gasteiger partial charge in [-0.3, -0.25) is 4.79 Å². The van der Waals surface area contributed by atoms with E-state index in [2.05, 4.69) is 35.8 Å². The van der Waals surface area contributed by atoms with Crippen molar-refractivity contribution in [1.82, 2.24) is 19.9 Å². The molecule has 1 fully saturated rings. The van der Waals surface area contributed by atoms with Gasteiger partial charge < -0.3 is 14.8 Å². The highest BCUT2D eigenvalue weighted by Gasteiger charge is 2.23. The summed E-state index contributed by atoms with van der Waals surface area (Å²) in [5.74, 6) is 1.11. The molecule has 0 bridgehead atoms. The van der Waals surface area contributed by atoms with Crippen LogP contribution in [0.2, 0.25) is 0 Å². The largest absolute Gasteiger partial charge is 0.352 e. The molecule has 6 nitrogen and oxygen atoms in total. The zero-order valence-electron chi connectivity index (χ0n) is 13.7. The van der Waals surface area contributed by atoms with Gasteiger partial charge >= 0.3 is 0 Å². The Morgan fingerprint density at radius 1 is 1.08 bits per heavy atom. The number of nitrogens with one attached hydrogen (secondary N) is 1. The number of rotatable bonds is 3. The second-order valence-electron chi connectivity index (χ2n) is 6.11. The van der Waals surface area contributed by atoms with Gasteiger partial charge in [0.1, 0.15) is 17.8 Å². The van der Waals surface area contributed by atoms with Crippen molar-refractivity contribution in [3.63, 3.8) is 0 Å². The Kier molecular flexibility index (Phi) is 4.40. The van der Waals surface area contributed by atoms with Crippen LogP contribution in [0.3, 0.4) is 0 Å². The molecule has 128 valence electrons. The van der Waals surface area contributed by atoms with Crippen molar-refractivity contribution in [3.8, 4) is 0 Å². The molecule has 3 heterocycles. The van der Waals surface area contributed by atoms with Crippen LogP contribution in [0, 0.1) is 0 Å². The maximum absolute atomic E-state index is 12.5. The Balaban J connectivity index is 1.40. The second kappa shape index (κ2) is 6.84. The Bertz CT molecular complexity index is 884. The molecule has 0 spiro atoms. The minimum Gasteiger partial charge on any atom is -0.352 e. The van der Waals surface area contributed by atoms with Crippen molar-refractivity contribution in [2.75, 3.05) is 31.1 Å². The molecule has 0 aliphatic carbocycles. The van der Waals surface area contributed by atoms with E-state index < -0.39 is 0 Å². The average molecular weight is 400 g/mol. The van der Waals surface area contributed by atoms with Crippen LogP contribution in [-0.2, 0) is 11.2 Å². The molecule has 0 radical (unpaired) electrons. The molecule has 2 aromatic heterocycles. The van der Waals surface area contributed by atoms with Gasteiger partial charge in [-0.1, -0.05) is 28.1 Å². The first-order valence-electron chi connectivity index (χ1n) is 8.26. The van der Waals surface area contributed by atoms with Gasteiger partial charge in [0.05, 0.1) is 11.8 Å². The van der Waals surface area contributed by atoms with Gasteiger partial charge in [-0.15, -0.1) is 0 Å². The number of piperazine rings is 1. The Hall–Kier alpha value is -2.41. The van der Waals surface area contributed by atoms with Crippen molar-refractivity contribution >= 4 is 38.7 Å². The molecule has 0 atom stereocenters. The molecule has 1 N–H and O–H groups in total. The molecule has 1 amide bonds. The highest BCUT2D eigenvalue weighted by atomic mass is 79.9. The van der Waals surface area contributed by atoms with Crippen LogP contribution in [0.25, 0.3) is 11.0 Å². The predicted octanol–water partition coefficient (Wildman–Crippen LogP) is 2.61. The first kappa shape index (κ1) is 16.1. The number of halogens is 1. The predicted molar refractivity (Wildman–Crippen MR) is 101 cm³/mol. The molecule has 1 aliphatic heterocycles. The van der Waals surface area contributed by atoms with Gasteiger partial charge in [-0.2, -0.15) is 0 Å². The third-order valence-electron chi connectivity index (χ3n) is 4.53. The Morgan fingerprint density at radius 3 is 2.60 bits per heavy atom. The molecule has 3 aromatic rings. The maximum Gasteiger partial charge on any atom is 0.227 e. The minimum absolute atomic E-state index is 0.177. The summed E-state index contributed by atoms with van der Waals surface area (Å²) in [6.45, 7) is 2.99. The Morgan fingerprint density at radius 2 is 1.84 bits per heavy atom. The van der Waals surface area contributed by atoms with E-state index in [9.17, 15) is 4.79 Å². The quantitative estimate of drug-likeness (QED) is 0.734. The van der Waals surface area contributed by atoms with Crippen LogP contribution < -0.4 is 4.90 Å². The van der Waals surface area contributed by atoms with Crippen LogP contribution in [-0.4, -0.2) is 51.9 Å². The highest BCUT2D eigenvalue weighted by molar-refractivity contribution is 9.10. The highest BCUT2D eigenvalue weighted by Crippen LogP contribution is 2.23. The number of hydrogen-bond donors (Lipinski definition) is 1. The normalized spacial score (nSPS) is 14.9. The lowest BCUT2D eigenvalue weighted by atomic mass is 10.1. The monoisotopic (exact) mass is 399 g/mol. The average Bonchev–Trinajstić information content (AvgIpc) is 3.12. The van der Waals surface area contributed by atoms with Gasteiger partial charge in [0, 0.05) is 36.8 Å². The first-order valence-corrected chi connectivity index (χ1v) is 9.05. The van der Waals surface area contributed by atoms with E-state index in [-0.39, 0.29) is 5.91 Å². The number of carbonyl (C=O) groups is 1. The number of carbonyl (C=O) groups excluding carboxylic acids is 1. The summed E-state index contributed by atoms with van der Waals surface area (Å²) >= 11 is 3.42. The topological polar surface area (TPSA) is 65.1 Å². The Labute approximate surface area is 154 Å². The summed E-state index contributed by atoms with van der Waals surface area (Å²) in [7, 11) is 0. The number of fused-ring (bicyclic) bond motifs is 1. The molecule has 1 aliphatic rings. The number of H-pyrrole nitrogens is 1. The SMILES string of the molecule is O=C(Cc1ccc(Br)cc1)N1CCN(c2ncnc3[nH]ccc23)CC1. The van der Waals surface area contributed by atoms with Crippen LogP contribution in [0.4, 0.5) is 5.82 Å². The molecular formula is C18H18BrN5O. The second-order valence-corrected chi connectivity index (χ2v) is 7.02. The summed E-state index contributed by atoms with van der Waals surface area (Å²) < 4.78 is 1.03. The number of anilines is 1. The number of benzene rings is 1. The molecule has 25 heavy (non-hydrogen) atoms. The van der Waals surface area contributed by atoms with Gasteiger partial charge in [0.25, 0.3) is 0 Å². The smallest absolute Gasteiger partial charge is 0.227 e. The van der Waals surface area contributed by atoms with E-state index in [4.69, 9.17) is 0 Å². The van der Waals surface area contributed by atoms with Crippen molar-refractivity contribution in [3.05, 3.63) is 52.9 Å². The van der Waals surface area contributed by atoms with E-state index in [1.54, 1.807) is 6.33 Å². The van der Waals surface area contributed by atoms with E-state index in [1.807, 2.05) is 41.4 Å².